The zero-order valence-electron chi connectivity index (χ0n) is 20.0. The molecule has 182 valence electrons. The second kappa shape index (κ2) is 10.3. The van der Waals surface area contributed by atoms with Crippen molar-refractivity contribution in [3.8, 4) is 17.2 Å². The molecule has 1 atom stereocenters. The summed E-state index contributed by atoms with van der Waals surface area (Å²) in [6.45, 7) is 6.78. The second-order valence-electron chi connectivity index (χ2n) is 8.29. The minimum absolute atomic E-state index is 0.410. The predicted molar refractivity (Wildman–Crippen MR) is 145 cm³/mol. The van der Waals surface area contributed by atoms with Gasteiger partial charge in [0.1, 0.15) is 34.3 Å². The maximum Gasteiger partial charge on any atom is 0.151 e. The van der Waals surface area contributed by atoms with Crippen molar-refractivity contribution in [2.24, 2.45) is 0 Å². The van der Waals surface area contributed by atoms with E-state index in [9.17, 15) is 4.21 Å². The summed E-state index contributed by atoms with van der Waals surface area (Å²) in [7, 11) is -1.32. The highest BCUT2D eigenvalue weighted by atomic mass is 32.2. The molecule has 4 aromatic rings. The number of hydrogen-bond donors (Lipinski definition) is 1. The molecule has 0 spiro atoms. The van der Waals surface area contributed by atoms with Crippen LogP contribution in [0.3, 0.4) is 0 Å². The lowest BCUT2D eigenvalue weighted by Crippen LogP contribution is -2.33. The Morgan fingerprint density at radius 1 is 1.11 bits per heavy atom. The second-order valence-corrected chi connectivity index (χ2v) is 9.78. The zero-order valence-corrected chi connectivity index (χ0v) is 20.8. The Morgan fingerprint density at radius 2 is 1.86 bits per heavy atom. The van der Waals surface area contributed by atoms with Crippen molar-refractivity contribution in [2.45, 2.75) is 19.9 Å². The van der Waals surface area contributed by atoms with E-state index in [1.165, 1.54) is 6.33 Å². The Hall–Kier alpha value is -4.01. The summed E-state index contributed by atoms with van der Waals surface area (Å²) >= 11 is 0. The van der Waals surface area contributed by atoms with Crippen LogP contribution in [0.2, 0.25) is 0 Å². The predicted octanol–water partition coefficient (Wildman–Crippen LogP) is 5.46. The van der Waals surface area contributed by atoms with Gasteiger partial charge in [0.15, 0.2) is 5.82 Å². The van der Waals surface area contributed by atoms with Crippen LogP contribution in [-0.2, 0) is 24.0 Å². The lowest BCUT2D eigenvalue weighted by Gasteiger charge is -2.27. The quantitative estimate of drug-likeness (QED) is 0.343. The largest absolute Gasteiger partial charge is 0.457 e. The number of para-hydroxylation sites is 1. The SMILES string of the molecule is C=C/C=C(\C=C/C)S(=O)N1CCc2c(c3ncnc(N)c3n2-c2ccc(Oc3ccccc3)cc2)C1. The van der Waals surface area contributed by atoms with Gasteiger partial charge in [0.2, 0.25) is 0 Å². The first-order chi connectivity index (χ1) is 17.6. The van der Waals surface area contributed by atoms with Gasteiger partial charge in [0.25, 0.3) is 0 Å². The molecule has 1 aliphatic heterocycles. The van der Waals surface area contributed by atoms with Crippen LogP contribution in [0.25, 0.3) is 16.7 Å². The molecule has 5 rings (SSSR count). The van der Waals surface area contributed by atoms with Crippen molar-refractivity contribution in [3.63, 3.8) is 0 Å². The zero-order chi connectivity index (χ0) is 25.1. The Labute approximate surface area is 212 Å². The molecule has 3 heterocycles. The Kier molecular flexibility index (Phi) is 6.79. The average Bonchev–Trinajstić information content (AvgIpc) is 3.24. The number of aromatic nitrogens is 3. The topological polar surface area (TPSA) is 86.3 Å². The standard InChI is InChI=1S/C28H27N5O2S/c1-3-8-23(9-4-2)36(34)32-17-16-25-24(18-32)26-27(28(29)31-19-30-26)33(25)20-12-14-22(15-13-20)35-21-10-6-5-7-11-21/h3-15,19H,1,16-18H2,2H3,(H2,29,30,31)/b9-4-,23-8+. The Bertz CT molecular complexity index is 1490. The molecule has 0 fully saturated rings. The summed E-state index contributed by atoms with van der Waals surface area (Å²) < 4.78 is 23.4. The molecule has 0 aliphatic carbocycles. The number of rotatable bonds is 7. The van der Waals surface area contributed by atoms with Gasteiger partial charge in [-0.1, -0.05) is 36.9 Å². The minimum atomic E-state index is -1.32. The van der Waals surface area contributed by atoms with Gasteiger partial charge >= 0.3 is 0 Å². The normalized spacial score (nSPS) is 15.2. The van der Waals surface area contributed by atoms with Crippen molar-refractivity contribution < 1.29 is 8.95 Å². The maximum absolute atomic E-state index is 13.3. The molecule has 7 nitrogen and oxygen atoms in total. The fourth-order valence-corrected chi connectivity index (χ4v) is 5.74. The van der Waals surface area contributed by atoms with Crippen LogP contribution < -0.4 is 10.5 Å². The average molecular weight is 498 g/mol. The van der Waals surface area contributed by atoms with Crippen LogP contribution in [0, 0.1) is 0 Å². The van der Waals surface area contributed by atoms with Crippen LogP contribution in [0.1, 0.15) is 18.2 Å². The van der Waals surface area contributed by atoms with Crippen LogP contribution in [-0.4, -0.2) is 29.6 Å². The lowest BCUT2D eigenvalue weighted by molar-refractivity contribution is 0.421. The first-order valence-electron chi connectivity index (χ1n) is 11.7. The molecular formula is C28H27N5O2S. The fraction of sp³-hybridized carbons (Fsp3) is 0.143. The van der Waals surface area contributed by atoms with E-state index < -0.39 is 11.0 Å². The number of nitrogens with two attached hydrogens (primary N) is 1. The fourth-order valence-electron chi connectivity index (χ4n) is 4.47. The molecule has 36 heavy (non-hydrogen) atoms. The molecule has 0 saturated carbocycles. The van der Waals surface area contributed by atoms with E-state index in [0.29, 0.717) is 30.2 Å². The van der Waals surface area contributed by atoms with E-state index in [4.69, 9.17) is 10.5 Å². The summed E-state index contributed by atoms with van der Waals surface area (Å²) in [5, 5.41) is 0. The Balaban J connectivity index is 1.53. The molecule has 2 aromatic carbocycles. The van der Waals surface area contributed by atoms with Crippen LogP contribution in [0.5, 0.6) is 11.5 Å². The number of fused-ring (bicyclic) bond motifs is 3. The monoisotopic (exact) mass is 497 g/mol. The van der Waals surface area contributed by atoms with Gasteiger partial charge in [-0.25, -0.2) is 18.5 Å². The number of nitrogen functional groups attached to an aromatic ring is 1. The summed E-state index contributed by atoms with van der Waals surface area (Å²) in [4.78, 5) is 9.55. The molecule has 0 amide bonds. The summed E-state index contributed by atoms with van der Waals surface area (Å²) in [5.41, 5.74) is 11.0. The molecule has 0 saturated heterocycles. The van der Waals surface area contributed by atoms with Crippen molar-refractivity contribution in [2.75, 3.05) is 12.3 Å². The molecule has 1 aliphatic rings. The first-order valence-corrected chi connectivity index (χ1v) is 12.8. The van der Waals surface area contributed by atoms with E-state index in [-0.39, 0.29) is 0 Å². The first kappa shape index (κ1) is 23.7. The number of hydrogen-bond acceptors (Lipinski definition) is 5. The van der Waals surface area contributed by atoms with Gasteiger partial charge < -0.3 is 15.0 Å². The highest BCUT2D eigenvalue weighted by molar-refractivity contribution is 7.86. The van der Waals surface area contributed by atoms with Crippen molar-refractivity contribution in [1.29, 1.82) is 0 Å². The van der Waals surface area contributed by atoms with E-state index >= 15 is 0 Å². The molecule has 0 bridgehead atoms. The van der Waals surface area contributed by atoms with E-state index in [2.05, 4.69) is 21.1 Å². The molecule has 8 heteroatoms. The third-order valence-corrected chi connectivity index (χ3v) is 7.49. The van der Waals surface area contributed by atoms with Gasteiger partial charge in [-0.15, -0.1) is 0 Å². The van der Waals surface area contributed by atoms with Gasteiger partial charge in [-0.3, -0.25) is 0 Å². The van der Waals surface area contributed by atoms with Crippen molar-refractivity contribution in [1.82, 2.24) is 18.8 Å². The van der Waals surface area contributed by atoms with Crippen LogP contribution >= 0.6 is 0 Å². The summed E-state index contributed by atoms with van der Waals surface area (Å²) in [5.74, 6) is 1.93. The minimum Gasteiger partial charge on any atom is -0.457 e. The van der Waals surface area contributed by atoms with Gasteiger partial charge in [0, 0.05) is 36.5 Å². The smallest absolute Gasteiger partial charge is 0.151 e. The van der Waals surface area contributed by atoms with Crippen molar-refractivity contribution in [3.05, 3.63) is 108 Å². The van der Waals surface area contributed by atoms with Crippen LogP contribution in [0.15, 0.2) is 96.7 Å². The highest BCUT2D eigenvalue weighted by Gasteiger charge is 2.29. The maximum atomic E-state index is 13.3. The van der Waals surface area contributed by atoms with Crippen LogP contribution in [0.4, 0.5) is 5.82 Å². The third-order valence-electron chi connectivity index (χ3n) is 6.03. The molecule has 2 aromatic heterocycles. The molecule has 2 N–H and O–H groups in total. The number of nitrogens with zero attached hydrogens (tertiary/aromatic N) is 4. The Morgan fingerprint density at radius 3 is 2.58 bits per heavy atom. The number of benzene rings is 2. The molecule has 1 unspecified atom stereocenters. The summed E-state index contributed by atoms with van der Waals surface area (Å²) in [6, 6.07) is 17.6. The summed E-state index contributed by atoms with van der Waals surface area (Å²) in [6.07, 6.45) is 9.36. The lowest BCUT2D eigenvalue weighted by atomic mass is 10.1. The number of anilines is 1. The molecular weight excluding hydrogens is 470 g/mol. The highest BCUT2D eigenvalue weighted by Crippen LogP contribution is 2.36. The van der Waals surface area contributed by atoms with Gasteiger partial charge in [-0.05, 0) is 55.5 Å². The van der Waals surface area contributed by atoms with E-state index in [1.54, 1.807) is 12.2 Å². The third kappa shape index (κ3) is 4.48. The van der Waals surface area contributed by atoms with Gasteiger partial charge in [-0.2, -0.15) is 0 Å². The van der Waals surface area contributed by atoms with Gasteiger partial charge in [0.05, 0.1) is 10.4 Å². The number of allylic oxidation sites excluding steroid dienone is 4. The van der Waals surface area contributed by atoms with E-state index in [1.807, 2.05) is 78.0 Å². The molecule has 0 radical (unpaired) electrons. The number of ether oxygens (including phenoxy) is 1. The van der Waals surface area contributed by atoms with Crippen molar-refractivity contribution >= 4 is 27.8 Å². The van der Waals surface area contributed by atoms with E-state index in [0.717, 1.165) is 39.5 Å².